The van der Waals surface area contributed by atoms with E-state index in [1.807, 2.05) is 0 Å². The molecular weight excluding hydrogens is 126 g/mol. The fourth-order valence-corrected chi connectivity index (χ4v) is 1.44. The molecule has 0 saturated heterocycles. The van der Waals surface area contributed by atoms with Crippen molar-refractivity contribution < 1.29 is 11.2 Å². The second kappa shape index (κ2) is 3.35. The van der Waals surface area contributed by atoms with Crippen molar-refractivity contribution in [2.24, 2.45) is 5.41 Å². The molecule has 64 valence electrons. The smallest absolute Gasteiger partial charge is 0.0894 e. The van der Waals surface area contributed by atoms with Gasteiger partial charge in [-0.1, -0.05) is 20.8 Å². The summed E-state index contributed by atoms with van der Waals surface area (Å²) in [6.45, 7) is 11.1. The molecule has 0 fully saturated rings. The van der Waals surface area contributed by atoms with Crippen LogP contribution < -0.4 is 5.73 Å². The average Bonchev–Trinajstić information content (AvgIpc) is 1.14. The first-order chi connectivity index (χ1) is 3.71. The molecule has 0 aliphatic carbocycles. The maximum absolute atomic E-state index is 4.06. The van der Waals surface area contributed by atoms with E-state index in [-0.39, 0.29) is 11.0 Å². The largest absolute Gasteiger partial charge is 0.870 e. The summed E-state index contributed by atoms with van der Waals surface area (Å²) in [5.41, 5.74) is 4.71. The van der Waals surface area contributed by atoms with Gasteiger partial charge in [-0.2, -0.15) is 0 Å². The number of hydrogen-bond donors (Lipinski definition) is 1. The van der Waals surface area contributed by atoms with E-state index in [1.165, 1.54) is 6.42 Å². The van der Waals surface area contributed by atoms with Crippen LogP contribution in [0.15, 0.2) is 0 Å². The first-order valence-corrected chi connectivity index (χ1v) is 3.56. The van der Waals surface area contributed by atoms with E-state index in [9.17, 15) is 0 Å². The molecule has 4 N–H and O–H groups in total. The molecule has 0 rings (SSSR count). The van der Waals surface area contributed by atoms with Crippen LogP contribution in [0.2, 0.25) is 0 Å². The summed E-state index contributed by atoms with van der Waals surface area (Å²) in [6.07, 6.45) is 1.18. The van der Waals surface area contributed by atoms with Crippen LogP contribution in [0.3, 0.4) is 0 Å². The summed E-state index contributed by atoms with van der Waals surface area (Å²) in [4.78, 5) is 0. The molecule has 0 aliphatic heterocycles. The molecule has 0 aromatic carbocycles. The van der Waals surface area contributed by atoms with Crippen LogP contribution in [0.5, 0.6) is 0 Å². The van der Waals surface area contributed by atoms with E-state index < -0.39 is 0 Å². The van der Waals surface area contributed by atoms with Crippen LogP contribution in [0, 0.1) is 5.41 Å². The highest BCUT2D eigenvalue weighted by atomic mass is 16.0. The summed E-state index contributed by atoms with van der Waals surface area (Å²) in [5, 5.41) is 0. The lowest BCUT2D eigenvalue weighted by Crippen LogP contribution is -2.70. The van der Waals surface area contributed by atoms with Crippen LogP contribution in [-0.4, -0.2) is 11.0 Å². The number of hydrogen-bond acceptors (Lipinski definition) is 1. The summed E-state index contributed by atoms with van der Waals surface area (Å²) < 4.78 is 0. The third-order valence-corrected chi connectivity index (χ3v) is 1.01. The van der Waals surface area contributed by atoms with Crippen LogP contribution in [0.4, 0.5) is 0 Å². The van der Waals surface area contributed by atoms with E-state index in [0.29, 0.717) is 5.41 Å². The zero-order valence-electron chi connectivity index (χ0n) is 7.86. The molecule has 0 spiro atoms. The van der Waals surface area contributed by atoms with E-state index >= 15 is 0 Å². The Morgan fingerprint density at radius 2 is 1.30 bits per heavy atom. The Kier molecular flexibility index (Phi) is 4.22. The predicted octanol–water partition coefficient (Wildman–Crippen LogP) is 1.27. The van der Waals surface area contributed by atoms with Crippen molar-refractivity contribution in [2.45, 2.75) is 46.6 Å². The van der Waals surface area contributed by atoms with Gasteiger partial charge in [-0.15, -0.1) is 0 Å². The third-order valence-electron chi connectivity index (χ3n) is 1.01. The van der Waals surface area contributed by atoms with Gasteiger partial charge < -0.3 is 11.2 Å². The molecule has 0 aromatic heterocycles. The van der Waals surface area contributed by atoms with Gasteiger partial charge in [-0.05, 0) is 19.3 Å². The van der Waals surface area contributed by atoms with Gasteiger partial charge in [0, 0.05) is 6.42 Å². The van der Waals surface area contributed by atoms with Crippen molar-refractivity contribution in [1.82, 2.24) is 0 Å². The van der Waals surface area contributed by atoms with Gasteiger partial charge >= 0.3 is 0 Å². The SMILES string of the molecule is CC(C)(C)CC(C)(C)[NH3+].[OH-]. The van der Waals surface area contributed by atoms with Crippen LogP contribution in [0.1, 0.15) is 41.0 Å². The van der Waals surface area contributed by atoms with Crippen molar-refractivity contribution in [1.29, 1.82) is 0 Å². The molecule has 0 aromatic rings. The van der Waals surface area contributed by atoms with Crippen molar-refractivity contribution in [3.63, 3.8) is 0 Å². The Morgan fingerprint density at radius 1 is 1.00 bits per heavy atom. The molecule has 0 aliphatic rings. The molecule has 0 radical (unpaired) electrons. The summed E-state index contributed by atoms with van der Waals surface area (Å²) >= 11 is 0. The average molecular weight is 147 g/mol. The number of quaternary nitrogens is 1. The van der Waals surface area contributed by atoms with Crippen molar-refractivity contribution in [3.8, 4) is 0 Å². The first kappa shape index (κ1) is 12.6. The van der Waals surface area contributed by atoms with Crippen molar-refractivity contribution in [2.75, 3.05) is 0 Å². The normalized spacial score (nSPS) is 12.6. The standard InChI is InChI=1S/C8H19N.H2O/c1-7(2,3)6-8(4,5)9;/h6,9H2,1-5H3;1H2. The predicted molar refractivity (Wildman–Crippen MR) is 43.0 cm³/mol. The molecule has 0 unspecified atom stereocenters. The molecular formula is C8H21NO. The number of rotatable bonds is 1. The first-order valence-electron chi connectivity index (χ1n) is 3.56. The molecule has 0 bridgehead atoms. The zero-order valence-corrected chi connectivity index (χ0v) is 7.86. The second-order valence-corrected chi connectivity index (χ2v) is 4.90. The Labute approximate surface area is 64.1 Å². The second-order valence-electron chi connectivity index (χ2n) is 4.90. The highest BCUT2D eigenvalue weighted by Crippen LogP contribution is 2.23. The van der Waals surface area contributed by atoms with Crippen molar-refractivity contribution >= 4 is 0 Å². The maximum Gasteiger partial charge on any atom is 0.0894 e. The Bertz CT molecular complexity index is 74.4. The Balaban J connectivity index is 0. The lowest BCUT2D eigenvalue weighted by molar-refractivity contribution is -0.470. The fraction of sp³-hybridized carbons (Fsp3) is 1.00. The summed E-state index contributed by atoms with van der Waals surface area (Å²) in [7, 11) is 0. The van der Waals surface area contributed by atoms with E-state index in [1.54, 1.807) is 0 Å². The maximum atomic E-state index is 4.06. The minimum atomic E-state index is 0. The lowest BCUT2D eigenvalue weighted by atomic mass is 9.82. The highest BCUT2D eigenvalue weighted by molar-refractivity contribution is 4.72. The topological polar surface area (TPSA) is 57.6 Å². The monoisotopic (exact) mass is 147 g/mol. The minimum Gasteiger partial charge on any atom is -0.870 e. The Hall–Kier alpha value is -0.0800. The summed E-state index contributed by atoms with van der Waals surface area (Å²) in [5.74, 6) is 0. The highest BCUT2D eigenvalue weighted by Gasteiger charge is 2.23. The zero-order chi connectivity index (χ0) is 7.71. The van der Waals surface area contributed by atoms with Crippen molar-refractivity contribution in [3.05, 3.63) is 0 Å². The third kappa shape index (κ3) is 10.8. The van der Waals surface area contributed by atoms with Gasteiger partial charge in [0.25, 0.3) is 0 Å². The van der Waals surface area contributed by atoms with Gasteiger partial charge in [-0.3, -0.25) is 0 Å². The molecule has 0 amide bonds. The van der Waals surface area contributed by atoms with Gasteiger partial charge in [0.15, 0.2) is 0 Å². The van der Waals surface area contributed by atoms with Crippen LogP contribution >= 0.6 is 0 Å². The van der Waals surface area contributed by atoms with Crippen LogP contribution in [0.25, 0.3) is 0 Å². The van der Waals surface area contributed by atoms with E-state index in [2.05, 4.69) is 40.4 Å². The van der Waals surface area contributed by atoms with Gasteiger partial charge in [-0.25, -0.2) is 0 Å². The minimum absolute atomic E-state index is 0. The lowest BCUT2D eigenvalue weighted by Gasteiger charge is -2.25. The van der Waals surface area contributed by atoms with Crippen LogP contribution in [-0.2, 0) is 0 Å². The summed E-state index contributed by atoms with van der Waals surface area (Å²) in [6, 6.07) is 0. The van der Waals surface area contributed by atoms with E-state index in [0.717, 1.165) is 0 Å². The molecule has 10 heavy (non-hydrogen) atoms. The molecule has 0 heterocycles. The van der Waals surface area contributed by atoms with Gasteiger partial charge in [0.1, 0.15) is 0 Å². The molecule has 2 heteroatoms. The molecule has 0 atom stereocenters. The van der Waals surface area contributed by atoms with E-state index in [4.69, 9.17) is 0 Å². The molecule has 2 nitrogen and oxygen atoms in total. The molecule has 0 saturated carbocycles. The quantitative estimate of drug-likeness (QED) is 0.596. The van der Waals surface area contributed by atoms with Gasteiger partial charge in [0.05, 0.1) is 5.54 Å². The fourth-order valence-electron chi connectivity index (χ4n) is 1.44. The van der Waals surface area contributed by atoms with Gasteiger partial charge in [0.2, 0.25) is 0 Å². The Morgan fingerprint density at radius 3 is 1.30 bits per heavy atom.